The lowest BCUT2D eigenvalue weighted by Crippen LogP contribution is -2.73. The largest absolute Gasteiger partial charge is 0.476 e. The van der Waals surface area contributed by atoms with Gasteiger partial charge in [-0.15, -0.1) is 0 Å². The number of hydrogen-bond donors (Lipinski definition) is 0. The molecule has 1 aliphatic carbocycles. The van der Waals surface area contributed by atoms with Gasteiger partial charge in [0.2, 0.25) is 0 Å². The molecule has 4 nitrogen and oxygen atoms in total. The van der Waals surface area contributed by atoms with Crippen molar-refractivity contribution in [1.82, 2.24) is 0 Å². The minimum Gasteiger partial charge on any atom is -0.476 e. The highest BCUT2D eigenvalue weighted by molar-refractivity contribution is 6.08. The van der Waals surface area contributed by atoms with E-state index in [1.54, 1.807) is 0 Å². The van der Waals surface area contributed by atoms with Gasteiger partial charge in [-0.1, -0.05) is 78.9 Å². The van der Waals surface area contributed by atoms with Gasteiger partial charge >= 0.3 is 5.79 Å². The minimum absolute atomic E-state index is 0.211. The topological polar surface area (TPSA) is 44.8 Å². The van der Waals surface area contributed by atoms with Crippen molar-refractivity contribution < 1.29 is 19.0 Å². The molecule has 0 radical (unpaired) electrons. The van der Waals surface area contributed by atoms with E-state index >= 15 is 0 Å². The number of fused-ring (bicyclic) bond motifs is 9. The third-order valence-corrected chi connectivity index (χ3v) is 8.60. The summed E-state index contributed by atoms with van der Waals surface area (Å²) in [4.78, 5) is 14.4. The van der Waals surface area contributed by atoms with Crippen molar-refractivity contribution in [3.8, 4) is 17.2 Å². The summed E-state index contributed by atoms with van der Waals surface area (Å²) in [5.74, 6) is 0.0210. The third-order valence-electron chi connectivity index (χ3n) is 8.60. The summed E-state index contributed by atoms with van der Waals surface area (Å²) in [5, 5.41) is 4.13. The Bertz CT molecular complexity index is 1840. The van der Waals surface area contributed by atoms with Crippen LogP contribution in [0.1, 0.15) is 39.5 Å². The van der Waals surface area contributed by atoms with E-state index < -0.39 is 17.3 Å². The molecular weight excluding hydrogens is 460 g/mol. The molecule has 0 spiro atoms. The first-order valence-corrected chi connectivity index (χ1v) is 12.7. The molecule has 0 amide bonds. The summed E-state index contributed by atoms with van der Waals surface area (Å²) in [6, 6.07) is 28.3. The minimum atomic E-state index is -1.64. The zero-order valence-corrected chi connectivity index (χ0v) is 20.8. The van der Waals surface area contributed by atoms with Crippen LogP contribution in [0.4, 0.5) is 0 Å². The lowest BCUT2D eigenvalue weighted by atomic mass is 9.60. The molecule has 4 heteroatoms. The van der Waals surface area contributed by atoms with Crippen molar-refractivity contribution >= 4 is 27.3 Å². The molecule has 0 fully saturated rings. The molecule has 37 heavy (non-hydrogen) atoms. The first-order chi connectivity index (χ1) is 17.9. The molecule has 3 atom stereocenters. The van der Waals surface area contributed by atoms with Gasteiger partial charge in [-0.25, -0.2) is 0 Å². The van der Waals surface area contributed by atoms with Crippen LogP contribution in [0.3, 0.4) is 0 Å². The monoisotopic (exact) mass is 484 g/mol. The molecule has 2 heterocycles. The van der Waals surface area contributed by atoms with Crippen LogP contribution >= 0.6 is 0 Å². The lowest BCUT2D eigenvalue weighted by Gasteiger charge is -2.56. The highest BCUT2D eigenvalue weighted by Gasteiger charge is 2.70. The quantitative estimate of drug-likeness (QED) is 0.236. The molecule has 0 saturated carbocycles. The van der Waals surface area contributed by atoms with Gasteiger partial charge in [0.25, 0.3) is 5.78 Å². The maximum atomic E-state index is 14.4. The Hall–Kier alpha value is -4.31. The van der Waals surface area contributed by atoms with E-state index in [2.05, 4.69) is 38.1 Å². The molecule has 180 valence electrons. The SMILES string of the molecule is Cc1cc2c(c3ccccc13)O[C@H]1[C@@]3(O2)Oc2c(cc(C)c4ccccc24)[C@@]1(C)c1ccccc1C3=O. The molecule has 2 aliphatic heterocycles. The van der Waals surface area contributed by atoms with Crippen LogP contribution in [0.2, 0.25) is 0 Å². The fourth-order valence-corrected chi connectivity index (χ4v) is 6.82. The maximum absolute atomic E-state index is 14.4. The second-order valence-electron chi connectivity index (χ2n) is 10.6. The first kappa shape index (κ1) is 20.8. The summed E-state index contributed by atoms with van der Waals surface area (Å²) in [6.45, 7) is 6.33. The van der Waals surface area contributed by atoms with Gasteiger partial charge in [-0.2, -0.15) is 0 Å². The van der Waals surface area contributed by atoms with Crippen molar-refractivity contribution in [3.63, 3.8) is 0 Å². The Kier molecular flexibility index (Phi) is 3.78. The van der Waals surface area contributed by atoms with Crippen molar-refractivity contribution in [2.75, 3.05) is 0 Å². The fraction of sp³-hybridized carbons (Fsp3) is 0.182. The van der Waals surface area contributed by atoms with Crippen LogP contribution in [0, 0.1) is 13.8 Å². The van der Waals surface area contributed by atoms with E-state index in [0.29, 0.717) is 22.8 Å². The van der Waals surface area contributed by atoms with Crippen LogP contribution in [-0.2, 0) is 5.41 Å². The average molecular weight is 485 g/mol. The van der Waals surface area contributed by atoms with Gasteiger partial charge in [0.15, 0.2) is 17.6 Å². The maximum Gasteiger partial charge on any atom is 0.355 e. The van der Waals surface area contributed by atoms with Crippen LogP contribution in [0.25, 0.3) is 21.5 Å². The predicted octanol–water partition coefficient (Wildman–Crippen LogP) is 7.04. The second-order valence-corrected chi connectivity index (χ2v) is 10.6. The Morgan fingerprint density at radius 3 is 2.00 bits per heavy atom. The molecule has 0 saturated heterocycles. The predicted molar refractivity (Wildman–Crippen MR) is 143 cm³/mol. The van der Waals surface area contributed by atoms with Crippen molar-refractivity contribution in [2.45, 2.75) is 38.1 Å². The third kappa shape index (κ3) is 2.36. The second kappa shape index (κ2) is 6.71. The normalized spacial score (nSPS) is 24.7. The number of ether oxygens (including phenoxy) is 3. The first-order valence-electron chi connectivity index (χ1n) is 12.7. The molecular formula is C33H24O4. The Morgan fingerprint density at radius 2 is 1.27 bits per heavy atom. The number of aryl methyl sites for hydroxylation is 2. The van der Waals surface area contributed by atoms with Crippen LogP contribution in [-0.4, -0.2) is 17.7 Å². The summed E-state index contributed by atoms with van der Waals surface area (Å²) in [7, 11) is 0. The molecule has 5 aromatic carbocycles. The van der Waals surface area contributed by atoms with Crippen molar-refractivity contribution in [3.05, 3.63) is 113 Å². The smallest absolute Gasteiger partial charge is 0.355 e. The zero-order chi connectivity index (χ0) is 25.1. The lowest BCUT2D eigenvalue weighted by molar-refractivity contribution is -0.187. The molecule has 0 N–H and O–H groups in total. The van der Waals surface area contributed by atoms with Gasteiger partial charge in [0.1, 0.15) is 5.75 Å². The summed E-state index contributed by atoms with van der Waals surface area (Å²) >= 11 is 0. The molecule has 8 rings (SSSR count). The van der Waals surface area contributed by atoms with E-state index in [0.717, 1.165) is 43.8 Å². The Labute approximate surface area is 214 Å². The Balaban J connectivity index is 1.50. The van der Waals surface area contributed by atoms with Gasteiger partial charge < -0.3 is 14.2 Å². The van der Waals surface area contributed by atoms with E-state index in [1.165, 1.54) is 0 Å². The van der Waals surface area contributed by atoms with E-state index in [1.807, 2.05) is 67.6 Å². The van der Waals surface area contributed by atoms with Gasteiger partial charge in [-0.3, -0.25) is 4.79 Å². The van der Waals surface area contributed by atoms with Crippen molar-refractivity contribution in [1.29, 1.82) is 0 Å². The number of hydrogen-bond acceptors (Lipinski definition) is 4. The summed E-state index contributed by atoms with van der Waals surface area (Å²) in [6.07, 6.45) is -0.714. The van der Waals surface area contributed by atoms with Gasteiger partial charge in [0.05, 0.1) is 5.41 Å². The van der Waals surface area contributed by atoms with E-state index in [-0.39, 0.29) is 5.78 Å². The van der Waals surface area contributed by atoms with Crippen molar-refractivity contribution in [2.24, 2.45) is 0 Å². The summed E-state index contributed by atoms with van der Waals surface area (Å²) in [5.41, 5.74) is 4.06. The summed E-state index contributed by atoms with van der Waals surface area (Å²) < 4.78 is 20.5. The van der Waals surface area contributed by atoms with E-state index in [4.69, 9.17) is 14.2 Å². The molecule has 3 aliphatic rings. The number of Topliss-reactive ketones (excluding diaryl/α,β-unsaturated/α-hetero) is 1. The van der Waals surface area contributed by atoms with Gasteiger partial charge in [-0.05, 0) is 54.3 Å². The number of rotatable bonds is 0. The Morgan fingerprint density at radius 1 is 0.676 bits per heavy atom. The average Bonchev–Trinajstić information content (AvgIpc) is 2.93. The molecule has 0 aromatic heterocycles. The highest BCUT2D eigenvalue weighted by Crippen LogP contribution is 2.60. The van der Waals surface area contributed by atoms with Gasteiger partial charge in [0, 0.05) is 21.9 Å². The van der Waals surface area contributed by atoms with Crippen LogP contribution < -0.4 is 14.2 Å². The molecule has 5 aromatic rings. The van der Waals surface area contributed by atoms with Crippen LogP contribution in [0.15, 0.2) is 84.9 Å². The number of carbonyl (C=O) groups is 1. The molecule has 0 unspecified atom stereocenters. The fourth-order valence-electron chi connectivity index (χ4n) is 6.82. The van der Waals surface area contributed by atoms with Crippen LogP contribution in [0.5, 0.6) is 17.2 Å². The number of carbonyl (C=O) groups excluding carboxylic acids is 1. The highest BCUT2D eigenvalue weighted by atomic mass is 16.7. The standard InChI is InChI=1S/C33H24O4/c1-18-16-26-28(22-12-6-4-10-20(18)22)37-33-30(34)24-14-8-9-15-25(24)32(26,3)31(33)35-29-23-13-7-5-11-21(23)19(2)17-27(29)36-33/h4-17,31H,1-3H3/t31-,32-,33+/m1/s1. The zero-order valence-electron chi connectivity index (χ0n) is 20.8. The van der Waals surface area contributed by atoms with E-state index in [9.17, 15) is 4.79 Å². The number of benzene rings is 5. The number of ketones is 1. The molecule has 2 bridgehead atoms.